The maximum absolute atomic E-state index is 14.2. The summed E-state index contributed by atoms with van der Waals surface area (Å²) in [6.45, 7) is 4.26. The molecule has 1 saturated carbocycles. The third-order valence-electron chi connectivity index (χ3n) is 8.69. The number of nitrogens with zero attached hydrogens (tertiary/aromatic N) is 4. The molecule has 224 valence electrons. The fourth-order valence-electron chi connectivity index (χ4n) is 5.89. The Morgan fingerprint density at radius 2 is 1.88 bits per heavy atom. The molecule has 0 bridgehead atoms. The molecular weight excluding hydrogens is 569 g/mol. The number of imidazole rings is 1. The number of ether oxygens (including phenoxy) is 2. The predicted octanol–water partition coefficient (Wildman–Crippen LogP) is 5.86. The monoisotopic (exact) mass is 603 g/mol. The van der Waals surface area contributed by atoms with Gasteiger partial charge in [0.2, 0.25) is 5.88 Å². The molecule has 1 N–H and O–H groups in total. The number of carbonyl (C=O) groups is 1. The number of halogens is 2. The van der Waals surface area contributed by atoms with Gasteiger partial charge >= 0.3 is 0 Å². The Hall–Kier alpha value is -3.53. The lowest BCUT2D eigenvalue weighted by Crippen LogP contribution is -2.35. The van der Waals surface area contributed by atoms with Crippen molar-refractivity contribution in [3.8, 4) is 5.88 Å². The second-order valence-corrected chi connectivity index (χ2v) is 12.3. The highest BCUT2D eigenvalue weighted by Gasteiger charge is 2.27. The van der Waals surface area contributed by atoms with Gasteiger partial charge in [0.15, 0.2) is 0 Å². The Balaban J connectivity index is 1.01. The lowest BCUT2D eigenvalue weighted by Gasteiger charge is -2.32. The lowest BCUT2D eigenvalue weighted by atomic mass is 9.93. The van der Waals surface area contributed by atoms with Crippen LogP contribution in [0.3, 0.4) is 0 Å². The molecule has 43 heavy (non-hydrogen) atoms. The zero-order valence-electron chi connectivity index (χ0n) is 24.0. The van der Waals surface area contributed by atoms with Crippen LogP contribution >= 0.6 is 11.6 Å². The number of hydrogen-bond donors (Lipinski definition) is 1. The number of pyridine rings is 1. The van der Waals surface area contributed by atoms with Crippen LogP contribution in [0.2, 0.25) is 5.02 Å². The molecule has 0 spiro atoms. The van der Waals surface area contributed by atoms with Crippen molar-refractivity contribution in [3.63, 3.8) is 0 Å². The molecule has 0 unspecified atom stereocenters. The maximum atomic E-state index is 14.2. The zero-order chi connectivity index (χ0) is 29.3. The molecule has 2 aromatic carbocycles. The van der Waals surface area contributed by atoms with Gasteiger partial charge in [0.1, 0.15) is 18.2 Å². The maximum Gasteiger partial charge on any atom is 0.251 e. The number of carbonyl (C=O) groups excluding carboxylic acids is 1. The van der Waals surface area contributed by atoms with Crippen LogP contribution in [0.15, 0.2) is 54.6 Å². The molecule has 4 aromatic rings. The summed E-state index contributed by atoms with van der Waals surface area (Å²) in [5.41, 5.74) is 4.00. The SMILES string of the molecule is O=C(NC1CC1)c1ccc2c(c1)nc(CN1CCC(c3cccc(OCc4ccc(Cl)cc4F)n3)CC1)n2C[C@@H]1CCO1. The second kappa shape index (κ2) is 12.2. The number of rotatable bonds is 10. The first-order valence-electron chi connectivity index (χ1n) is 15.2. The number of amides is 1. The molecule has 2 saturated heterocycles. The molecule has 3 fully saturated rings. The molecule has 0 radical (unpaired) electrons. The number of likely N-dealkylation sites (tertiary alicyclic amines) is 1. The van der Waals surface area contributed by atoms with Crippen molar-refractivity contribution in [2.24, 2.45) is 0 Å². The van der Waals surface area contributed by atoms with Gasteiger partial charge < -0.3 is 19.4 Å². The van der Waals surface area contributed by atoms with Gasteiger partial charge in [0, 0.05) is 46.5 Å². The minimum absolute atomic E-state index is 0.0230. The third kappa shape index (κ3) is 6.54. The molecule has 7 rings (SSSR count). The zero-order valence-corrected chi connectivity index (χ0v) is 24.7. The van der Waals surface area contributed by atoms with E-state index in [9.17, 15) is 9.18 Å². The van der Waals surface area contributed by atoms with Crippen LogP contribution < -0.4 is 10.1 Å². The normalized spacial score (nSPS) is 19.3. The van der Waals surface area contributed by atoms with Gasteiger partial charge in [-0.2, -0.15) is 0 Å². The predicted molar refractivity (Wildman–Crippen MR) is 162 cm³/mol. The Kier molecular flexibility index (Phi) is 8.03. The number of nitrogens with one attached hydrogen (secondary N) is 1. The van der Waals surface area contributed by atoms with E-state index in [-0.39, 0.29) is 24.4 Å². The summed E-state index contributed by atoms with van der Waals surface area (Å²) in [4.78, 5) is 24.9. The minimum atomic E-state index is -0.385. The third-order valence-corrected chi connectivity index (χ3v) is 8.92. The summed E-state index contributed by atoms with van der Waals surface area (Å²) in [5, 5.41) is 3.44. The van der Waals surface area contributed by atoms with Crippen LogP contribution in [0.4, 0.5) is 4.39 Å². The molecule has 2 aromatic heterocycles. The first-order valence-corrected chi connectivity index (χ1v) is 15.5. The Morgan fingerprint density at radius 1 is 1.05 bits per heavy atom. The Bertz CT molecular complexity index is 1630. The summed E-state index contributed by atoms with van der Waals surface area (Å²) >= 11 is 5.86. The van der Waals surface area contributed by atoms with Crippen LogP contribution in [0, 0.1) is 5.82 Å². The largest absolute Gasteiger partial charge is 0.473 e. The van der Waals surface area contributed by atoms with E-state index in [2.05, 4.69) is 14.8 Å². The van der Waals surface area contributed by atoms with E-state index in [0.717, 1.165) is 87.4 Å². The van der Waals surface area contributed by atoms with Gasteiger partial charge in [-0.1, -0.05) is 23.7 Å². The molecule has 1 amide bonds. The number of benzene rings is 2. The van der Waals surface area contributed by atoms with Crippen LogP contribution in [0.5, 0.6) is 5.88 Å². The van der Waals surface area contributed by atoms with Gasteiger partial charge in [-0.15, -0.1) is 0 Å². The average Bonchev–Trinajstić information content (AvgIpc) is 3.74. The van der Waals surface area contributed by atoms with Gasteiger partial charge in [-0.25, -0.2) is 14.4 Å². The van der Waals surface area contributed by atoms with E-state index in [1.807, 2.05) is 36.4 Å². The van der Waals surface area contributed by atoms with Crippen molar-refractivity contribution >= 4 is 28.5 Å². The summed E-state index contributed by atoms with van der Waals surface area (Å²) in [7, 11) is 0. The number of hydrogen-bond acceptors (Lipinski definition) is 6. The first-order chi connectivity index (χ1) is 21.0. The van der Waals surface area contributed by atoms with Crippen LogP contribution in [-0.4, -0.2) is 57.2 Å². The van der Waals surface area contributed by atoms with E-state index in [1.54, 1.807) is 12.1 Å². The van der Waals surface area contributed by atoms with Crippen LogP contribution in [-0.2, 0) is 24.4 Å². The summed E-state index contributed by atoms with van der Waals surface area (Å²) < 4.78 is 28.0. The highest BCUT2D eigenvalue weighted by molar-refractivity contribution is 6.30. The highest BCUT2D eigenvalue weighted by Crippen LogP contribution is 2.30. The first kappa shape index (κ1) is 28.3. The molecule has 10 heteroatoms. The van der Waals surface area contributed by atoms with Gasteiger partial charge in [0.25, 0.3) is 5.91 Å². The Labute approximate surface area is 255 Å². The van der Waals surface area contributed by atoms with Crippen molar-refractivity contribution in [2.45, 2.75) is 69.9 Å². The number of piperidine rings is 1. The van der Waals surface area contributed by atoms with Crippen molar-refractivity contribution in [3.05, 3.63) is 88.1 Å². The van der Waals surface area contributed by atoms with Crippen molar-refractivity contribution < 1.29 is 18.7 Å². The number of fused-ring (bicyclic) bond motifs is 1. The average molecular weight is 604 g/mol. The van der Waals surface area contributed by atoms with E-state index >= 15 is 0 Å². The van der Waals surface area contributed by atoms with E-state index < -0.39 is 0 Å². The topological polar surface area (TPSA) is 81.5 Å². The molecule has 1 aliphatic carbocycles. The molecule has 1 atom stereocenters. The fourth-order valence-corrected chi connectivity index (χ4v) is 6.05. The molecule has 2 aliphatic heterocycles. The van der Waals surface area contributed by atoms with E-state index in [0.29, 0.717) is 34.0 Å². The van der Waals surface area contributed by atoms with Gasteiger partial charge in [0.05, 0.1) is 30.2 Å². The summed E-state index contributed by atoms with van der Waals surface area (Å²) in [6.07, 6.45) is 5.32. The van der Waals surface area contributed by atoms with Gasteiger partial charge in [-0.05, 0) is 81.6 Å². The molecule has 3 aliphatic rings. The smallest absolute Gasteiger partial charge is 0.251 e. The van der Waals surface area contributed by atoms with Crippen molar-refractivity contribution in [1.82, 2.24) is 24.8 Å². The second-order valence-electron chi connectivity index (χ2n) is 11.8. The van der Waals surface area contributed by atoms with E-state index in [4.69, 9.17) is 31.0 Å². The molecule has 8 nitrogen and oxygen atoms in total. The van der Waals surface area contributed by atoms with Crippen molar-refractivity contribution in [2.75, 3.05) is 19.7 Å². The summed E-state index contributed by atoms with van der Waals surface area (Å²) in [6, 6.07) is 16.6. The van der Waals surface area contributed by atoms with Crippen LogP contribution in [0.1, 0.15) is 65.5 Å². The van der Waals surface area contributed by atoms with E-state index in [1.165, 1.54) is 6.07 Å². The lowest BCUT2D eigenvalue weighted by molar-refractivity contribution is -0.0592. The standard InChI is InChI=1S/C33H35ClFN5O3/c34-24-6-4-23(27(35)17-24)20-43-32-3-1-2-28(38-32)21-10-13-39(14-11-21)19-31-37-29-16-22(33(41)36-25-7-8-25)5-9-30(29)40(31)18-26-12-15-42-26/h1-6,9,16-17,21,25-26H,7-8,10-15,18-20H2,(H,36,41)/t26-/m0/s1. The van der Waals surface area contributed by atoms with Gasteiger partial charge in [-0.3, -0.25) is 9.69 Å². The highest BCUT2D eigenvalue weighted by atomic mass is 35.5. The van der Waals surface area contributed by atoms with Crippen LogP contribution in [0.25, 0.3) is 11.0 Å². The molecule has 4 heterocycles. The van der Waals surface area contributed by atoms with Crippen molar-refractivity contribution in [1.29, 1.82) is 0 Å². The quantitative estimate of drug-likeness (QED) is 0.244. The number of aromatic nitrogens is 3. The summed E-state index contributed by atoms with van der Waals surface area (Å²) in [5.74, 6) is 1.41. The molecular formula is C33H35ClFN5O3. The fraction of sp³-hybridized carbons (Fsp3) is 0.424. The Morgan fingerprint density at radius 3 is 2.63 bits per heavy atom. The minimum Gasteiger partial charge on any atom is -0.473 e.